The van der Waals surface area contributed by atoms with Crippen LogP contribution in [-0.2, 0) is 16.0 Å². The van der Waals surface area contributed by atoms with Crippen molar-refractivity contribution in [3.05, 3.63) is 34.7 Å². The average molecular weight is 291 g/mol. The lowest BCUT2D eigenvalue weighted by molar-refractivity contribution is -0.142. The van der Waals surface area contributed by atoms with Crippen LogP contribution in [0.25, 0.3) is 11.3 Å². The summed E-state index contributed by atoms with van der Waals surface area (Å²) in [5, 5.41) is 2.72. The number of ether oxygens (including phenoxy) is 2. The van der Waals surface area contributed by atoms with Crippen molar-refractivity contribution in [3.63, 3.8) is 0 Å². The Bertz CT molecular complexity index is 563. The second-order valence-corrected chi connectivity index (χ2v) is 5.01. The first kappa shape index (κ1) is 14.5. The second kappa shape index (κ2) is 7.05. The fraction of sp³-hybridized carbons (Fsp3) is 0.333. The molecule has 0 amide bonds. The van der Waals surface area contributed by atoms with Gasteiger partial charge < -0.3 is 9.47 Å². The average Bonchev–Trinajstić information content (AvgIpc) is 2.88. The van der Waals surface area contributed by atoms with Gasteiger partial charge in [-0.2, -0.15) is 0 Å². The Labute approximate surface area is 122 Å². The predicted molar refractivity (Wildman–Crippen MR) is 79.1 cm³/mol. The molecule has 0 aliphatic heterocycles. The quantitative estimate of drug-likeness (QED) is 0.766. The largest absolute Gasteiger partial charge is 0.494 e. The maximum atomic E-state index is 11.4. The molecule has 0 aliphatic rings. The van der Waals surface area contributed by atoms with Gasteiger partial charge >= 0.3 is 5.97 Å². The molecule has 0 atom stereocenters. The van der Waals surface area contributed by atoms with Crippen LogP contribution in [0.3, 0.4) is 0 Å². The second-order valence-electron chi connectivity index (χ2n) is 4.07. The Balaban J connectivity index is 2.06. The van der Waals surface area contributed by atoms with E-state index in [9.17, 15) is 4.79 Å². The van der Waals surface area contributed by atoms with E-state index in [-0.39, 0.29) is 12.4 Å². The monoisotopic (exact) mass is 291 g/mol. The summed E-state index contributed by atoms with van der Waals surface area (Å²) in [6.07, 6.45) is 0.232. The van der Waals surface area contributed by atoms with Crippen LogP contribution in [-0.4, -0.2) is 24.2 Å². The highest BCUT2D eigenvalue weighted by Gasteiger charge is 2.09. The Morgan fingerprint density at radius 1 is 1.20 bits per heavy atom. The third-order valence-electron chi connectivity index (χ3n) is 2.61. The lowest BCUT2D eigenvalue weighted by atomic mass is 10.2. The van der Waals surface area contributed by atoms with Gasteiger partial charge in [-0.15, -0.1) is 11.3 Å². The van der Waals surface area contributed by atoms with E-state index in [0.29, 0.717) is 13.2 Å². The highest BCUT2D eigenvalue weighted by atomic mass is 32.1. The molecule has 0 fully saturated rings. The molecule has 2 rings (SSSR count). The first-order valence-electron chi connectivity index (χ1n) is 6.56. The molecular formula is C15H17NO3S. The molecule has 1 heterocycles. The van der Waals surface area contributed by atoms with E-state index in [4.69, 9.17) is 9.47 Å². The zero-order valence-corrected chi connectivity index (χ0v) is 12.4. The van der Waals surface area contributed by atoms with E-state index < -0.39 is 0 Å². The van der Waals surface area contributed by atoms with Crippen molar-refractivity contribution in [2.45, 2.75) is 20.3 Å². The van der Waals surface area contributed by atoms with E-state index in [1.165, 1.54) is 11.3 Å². The van der Waals surface area contributed by atoms with Gasteiger partial charge in [0, 0.05) is 10.9 Å². The van der Waals surface area contributed by atoms with E-state index in [2.05, 4.69) is 4.98 Å². The molecule has 106 valence electrons. The number of esters is 1. The summed E-state index contributed by atoms with van der Waals surface area (Å²) in [6, 6.07) is 7.77. The molecule has 0 spiro atoms. The van der Waals surface area contributed by atoms with Crippen LogP contribution >= 0.6 is 11.3 Å². The zero-order valence-electron chi connectivity index (χ0n) is 11.6. The van der Waals surface area contributed by atoms with Gasteiger partial charge in [0.25, 0.3) is 0 Å². The van der Waals surface area contributed by atoms with E-state index in [1.54, 1.807) is 6.92 Å². The fourth-order valence-electron chi connectivity index (χ4n) is 1.75. The van der Waals surface area contributed by atoms with E-state index >= 15 is 0 Å². The van der Waals surface area contributed by atoms with Gasteiger partial charge in [-0.3, -0.25) is 4.79 Å². The molecule has 0 radical (unpaired) electrons. The lowest BCUT2D eigenvalue weighted by Gasteiger charge is -2.03. The first-order valence-corrected chi connectivity index (χ1v) is 7.44. The number of benzene rings is 1. The number of thiazole rings is 1. The summed E-state index contributed by atoms with van der Waals surface area (Å²) in [5.41, 5.74) is 1.89. The maximum Gasteiger partial charge on any atom is 0.312 e. The minimum Gasteiger partial charge on any atom is -0.494 e. The van der Waals surface area contributed by atoms with Crippen molar-refractivity contribution in [3.8, 4) is 17.0 Å². The normalized spacial score (nSPS) is 10.3. The number of carbonyl (C=O) groups excluding carboxylic acids is 1. The molecule has 5 heteroatoms. The number of carbonyl (C=O) groups is 1. The molecule has 0 saturated heterocycles. The summed E-state index contributed by atoms with van der Waals surface area (Å²) >= 11 is 1.47. The minimum absolute atomic E-state index is 0.232. The number of hydrogen-bond donors (Lipinski definition) is 0. The topological polar surface area (TPSA) is 48.4 Å². The molecule has 2 aromatic rings. The molecule has 1 aromatic carbocycles. The number of rotatable bonds is 6. The summed E-state index contributed by atoms with van der Waals surface area (Å²) in [7, 11) is 0. The van der Waals surface area contributed by atoms with Crippen molar-refractivity contribution < 1.29 is 14.3 Å². The summed E-state index contributed by atoms with van der Waals surface area (Å²) in [4.78, 5) is 15.9. The van der Waals surface area contributed by atoms with Gasteiger partial charge in [-0.05, 0) is 38.1 Å². The fourth-order valence-corrected chi connectivity index (χ4v) is 2.54. The highest BCUT2D eigenvalue weighted by molar-refractivity contribution is 7.10. The van der Waals surface area contributed by atoms with Crippen molar-refractivity contribution in [1.82, 2.24) is 4.98 Å². The van der Waals surface area contributed by atoms with Crippen LogP contribution in [0.1, 0.15) is 18.9 Å². The molecular weight excluding hydrogens is 274 g/mol. The molecule has 1 aromatic heterocycles. The number of nitrogens with zero attached hydrogens (tertiary/aromatic N) is 1. The van der Waals surface area contributed by atoms with Gasteiger partial charge in [-0.25, -0.2) is 4.98 Å². The van der Waals surface area contributed by atoms with Crippen LogP contribution in [0.2, 0.25) is 0 Å². The Hall–Kier alpha value is -1.88. The summed E-state index contributed by atoms with van der Waals surface area (Å²) in [6.45, 7) is 4.80. The van der Waals surface area contributed by atoms with Gasteiger partial charge in [0.1, 0.15) is 10.8 Å². The SMILES string of the molecule is CCOC(=O)Cc1nc(-c2ccc(OCC)cc2)cs1. The molecule has 4 nitrogen and oxygen atoms in total. The molecule has 20 heavy (non-hydrogen) atoms. The van der Waals surface area contributed by atoms with E-state index in [0.717, 1.165) is 22.0 Å². The Morgan fingerprint density at radius 2 is 1.95 bits per heavy atom. The van der Waals surface area contributed by atoms with Crippen molar-refractivity contribution in [2.75, 3.05) is 13.2 Å². The number of hydrogen-bond acceptors (Lipinski definition) is 5. The zero-order chi connectivity index (χ0) is 14.4. The maximum absolute atomic E-state index is 11.4. The van der Waals surface area contributed by atoms with Gasteiger partial charge in [0.15, 0.2) is 0 Å². The molecule has 0 saturated carbocycles. The smallest absolute Gasteiger partial charge is 0.312 e. The third-order valence-corrected chi connectivity index (χ3v) is 3.46. The standard InChI is InChI=1S/C15H17NO3S/c1-3-18-12-7-5-11(6-8-12)13-10-20-14(16-13)9-15(17)19-4-2/h5-8,10H,3-4,9H2,1-2H3. The molecule has 0 N–H and O–H groups in total. The van der Waals surface area contributed by atoms with Crippen LogP contribution in [0, 0.1) is 0 Å². The summed E-state index contributed by atoms with van der Waals surface area (Å²) < 4.78 is 10.3. The van der Waals surface area contributed by atoms with Gasteiger partial charge in [0.05, 0.1) is 25.3 Å². The molecule has 0 bridgehead atoms. The molecule has 0 aliphatic carbocycles. The van der Waals surface area contributed by atoms with Crippen LogP contribution < -0.4 is 4.74 Å². The summed E-state index contributed by atoms with van der Waals surface area (Å²) in [5.74, 6) is 0.610. The Kier molecular flexibility index (Phi) is 5.12. The predicted octanol–water partition coefficient (Wildman–Crippen LogP) is 3.31. The third kappa shape index (κ3) is 3.81. The lowest BCUT2D eigenvalue weighted by Crippen LogP contribution is -2.07. The first-order chi connectivity index (χ1) is 9.72. The van der Waals surface area contributed by atoms with Gasteiger partial charge in [-0.1, -0.05) is 0 Å². The Morgan fingerprint density at radius 3 is 2.60 bits per heavy atom. The highest BCUT2D eigenvalue weighted by Crippen LogP contribution is 2.24. The van der Waals surface area contributed by atoms with Crippen molar-refractivity contribution in [2.24, 2.45) is 0 Å². The van der Waals surface area contributed by atoms with Crippen molar-refractivity contribution >= 4 is 17.3 Å². The minimum atomic E-state index is -0.236. The van der Waals surface area contributed by atoms with Crippen molar-refractivity contribution in [1.29, 1.82) is 0 Å². The number of aromatic nitrogens is 1. The van der Waals surface area contributed by atoms with Gasteiger partial charge in [0.2, 0.25) is 0 Å². The molecule has 0 unspecified atom stereocenters. The van der Waals surface area contributed by atoms with E-state index in [1.807, 2.05) is 36.6 Å². The van der Waals surface area contributed by atoms with Crippen LogP contribution in [0.15, 0.2) is 29.6 Å². The van der Waals surface area contributed by atoms with Crippen LogP contribution in [0.4, 0.5) is 0 Å². The van der Waals surface area contributed by atoms with Crippen LogP contribution in [0.5, 0.6) is 5.75 Å².